The predicted octanol–water partition coefficient (Wildman–Crippen LogP) is 1.24. The number of benzene rings is 1. The zero-order chi connectivity index (χ0) is 13.9. The third-order valence-corrected chi connectivity index (χ3v) is 5.26. The lowest BCUT2D eigenvalue weighted by Crippen LogP contribution is -2.33. The quantitative estimate of drug-likeness (QED) is 0.912. The van der Waals surface area contributed by atoms with E-state index in [0.717, 1.165) is 0 Å². The number of aliphatic hydroxyl groups is 1. The van der Waals surface area contributed by atoms with E-state index in [4.69, 9.17) is 21.4 Å². The predicted molar refractivity (Wildman–Crippen MR) is 71.6 cm³/mol. The standard InChI is InChI=1S/C12H16ClNO4S/c13-12-8-11(3-2-10(12)9-15)19(16,17)14-4-1-6-18-7-5-14/h2-3,8,15H,1,4-7,9H2. The minimum Gasteiger partial charge on any atom is -0.392 e. The molecular formula is C12H16ClNO4S. The Labute approximate surface area is 117 Å². The second-order valence-corrected chi connectivity index (χ2v) is 6.63. The molecule has 7 heteroatoms. The lowest BCUT2D eigenvalue weighted by Gasteiger charge is -2.19. The molecule has 0 aromatic heterocycles. The summed E-state index contributed by atoms with van der Waals surface area (Å²) in [6.07, 6.45) is 0.682. The van der Waals surface area contributed by atoms with Crippen LogP contribution in [0.1, 0.15) is 12.0 Å². The van der Waals surface area contributed by atoms with Crippen molar-refractivity contribution in [2.75, 3.05) is 26.3 Å². The van der Waals surface area contributed by atoms with Crippen LogP contribution in [0, 0.1) is 0 Å². The number of nitrogens with zero attached hydrogens (tertiary/aromatic N) is 1. The molecule has 0 bridgehead atoms. The Kier molecular flexibility index (Phi) is 4.81. The Bertz CT molecular complexity index is 539. The molecule has 5 nitrogen and oxygen atoms in total. The molecule has 0 amide bonds. The van der Waals surface area contributed by atoms with Gasteiger partial charge in [-0.1, -0.05) is 17.7 Å². The van der Waals surface area contributed by atoms with Crippen molar-refractivity contribution in [3.05, 3.63) is 28.8 Å². The van der Waals surface area contributed by atoms with Gasteiger partial charge in [-0.3, -0.25) is 0 Å². The highest BCUT2D eigenvalue weighted by Crippen LogP contribution is 2.24. The Hall–Kier alpha value is -0.660. The molecule has 1 aromatic carbocycles. The molecule has 2 rings (SSSR count). The van der Waals surface area contributed by atoms with Crippen LogP contribution >= 0.6 is 11.6 Å². The van der Waals surface area contributed by atoms with Crippen LogP contribution in [0.2, 0.25) is 5.02 Å². The molecule has 0 radical (unpaired) electrons. The van der Waals surface area contributed by atoms with E-state index in [9.17, 15) is 8.42 Å². The zero-order valence-electron chi connectivity index (χ0n) is 10.4. The maximum absolute atomic E-state index is 12.4. The summed E-state index contributed by atoms with van der Waals surface area (Å²) < 4.78 is 31.5. The summed E-state index contributed by atoms with van der Waals surface area (Å²) in [7, 11) is -3.55. The summed E-state index contributed by atoms with van der Waals surface area (Å²) in [5.74, 6) is 0. The minimum atomic E-state index is -3.55. The molecule has 0 aliphatic carbocycles. The van der Waals surface area contributed by atoms with Crippen molar-refractivity contribution in [3.63, 3.8) is 0 Å². The highest BCUT2D eigenvalue weighted by atomic mass is 35.5. The first-order chi connectivity index (χ1) is 9.05. The fraction of sp³-hybridized carbons (Fsp3) is 0.500. The van der Waals surface area contributed by atoms with Crippen molar-refractivity contribution < 1.29 is 18.3 Å². The lowest BCUT2D eigenvalue weighted by atomic mass is 10.2. The first kappa shape index (κ1) is 14.7. The molecule has 1 aliphatic heterocycles. The van der Waals surface area contributed by atoms with E-state index in [-0.39, 0.29) is 16.5 Å². The molecule has 1 N–H and O–H groups in total. The van der Waals surface area contributed by atoms with Gasteiger partial charge in [0.15, 0.2) is 0 Å². The summed E-state index contributed by atoms with van der Waals surface area (Å²) in [6, 6.07) is 4.39. The summed E-state index contributed by atoms with van der Waals surface area (Å²) >= 11 is 5.94. The molecule has 1 heterocycles. The van der Waals surface area contributed by atoms with Gasteiger partial charge in [-0.15, -0.1) is 0 Å². The molecule has 106 valence electrons. The largest absolute Gasteiger partial charge is 0.392 e. The maximum Gasteiger partial charge on any atom is 0.243 e. The number of aliphatic hydroxyl groups excluding tert-OH is 1. The molecular weight excluding hydrogens is 290 g/mol. The number of rotatable bonds is 3. The van der Waals surface area contributed by atoms with Crippen LogP contribution in [0.5, 0.6) is 0 Å². The van der Waals surface area contributed by atoms with Gasteiger partial charge in [-0.25, -0.2) is 8.42 Å². The van der Waals surface area contributed by atoms with Gasteiger partial charge < -0.3 is 9.84 Å². The van der Waals surface area contributed by atoms with Gasteiger partial charge in [-0.05, 0) is 24.1 Å². The van der Waals surface area contributed by atoms with Crippen molar-refractivity contribution in [1.82, 2.24) is 4.31 Å². The average Bonchev–Trinajstić information content (AvgIpc) is 2.67. The number of hydrogen-bond donors (Lipinski definition) is 1. The van der Waals surface area contributed by atoms with Gasteiger partial charge in [0.05, 0.1) is 18.1 Å². The Morgan fingerprint density at radius 1 is 1.32 bits per heavy atom. The van der Waals surface area contributed by atoms with E-state index in [1.807, 2.05) is 0 Å². The second kappa shape index (κ2) is 6.19. The molecule has 0 spiro atoms. The molecule has 1 aliphatic rings. The van der Waals surface area contributed by atoms with Crippen molar-refractivity contribution in [2.24, 2.45) is 0 Å². The average molecular weight is 306 g/mol. The third kappa shape index (κ3) is 3.27. The zero-order valence-corrected chi connectivity index (χ0v) is 12.0. The molecule has 19 heavy (non-hydrogen) atoms. The van der Waals surface area contributed by atoms with Gasteiger partial charge in [0.25, 0.3) is 0 Å². The van der Waals surface area contributed by atoms with Gasteiger partial charge in [0.1, 0.15) is 0 Å². The lowest BCUT2D eigenvalue weighted by molar-refractivity contribution is 0.148. The first-order valence-corrected chi connectivity index (χ1v) is 7.84. The van der Waals surface area contributed by atoms with Gasteiger partial charge in [-0.2, -0.15) is 4.31 Å². The molecule has 0 unspecified atom stereocenters. The Balaban J connectivity index is 2.30. The smallest absolute Gasteiger partial charge is 0.243 e. The normalized spacial score (nSPS) is 18.2. The molecule has 0 atom stereocenters. The number of ether oxygens (including phenoxy) is 1. The van der Waals surface area contributed by atoms with Crippen LogP contribution in [-0.4, -0.2) is 44.1 Å². The van der Waals surface area contributed by atoms with E-state index >= 15 is 0 Å². The number of halogens is 1. The minimum absolute atomic E-state index is 0.150. The SMILES string of the molecule is O=S(=O)(c1ccc(CO)c(Cl)c1)N1CCCOCC1. The molecule has 1 aromatic rings. The van der Waals surface area contributed by atoms with Crippen LogP contribution in [0.3, 0.4) is 0 Å². The summed E-state index contributed by atoms with van der Waals surface area (Å²) in [5.41, 5.74) is 0.514. The maximum atomic E-state index is 12.4. The van der Waals surface area contributed by atoms with Crippen molar-refractivity contribution in [1.29, 1.82) is 0 Å². The van der Waals surface area contributed by atoms with Gasteiger partial charge in [0.2, 0.25) is 10.0 Å². The van der Waals surface area contributed by atoms with E-state index in [0.29, 0.717) is 38.3 Å². The van der Waals surface area contributed by atoms with E-state index in [1.54, 1.807) is 0 Å². The monoisotopic (exact) mass is 305 g/mol. The van der Waals surface area contributed by atoms with Crippen LogP contribution in [0.25, 0.3) is 0 Å². The highest BCUT2D eigenvalue weighted by Gasteiger charge is 2.25. The fourth-order valence-electron chi connectivity index (χ4n) is 1.93. The van der Waals surface area contributed by atoms with Crippen LogP contribution in [0.4, 0.5) is 0 Å². The Morgan fingerprint density at radius 3 is 2.79 bits per heavy atom. The van der Waals surface area contributed by atoms with Gasteiger partial charge in [0, 0.05) is 24.7 Å². The Morgan fingerprint density at radius 2 is 2.11 bits per heavy atom. The summed E-state index contributed by atoms with van der Waals surface area (Å²) in [6.45, 7) is 1.57. The van der Waals surface area contributed by atoms with Gasteiger partial charge >= 0.3 is 0 Å². The van der Waals surface area contributed by atoms with Crippen LogP contribution in [-0.2, 0) is 21.4 Å². The van der Waals surface area contributed by atoms with E-state index < -0.39 is 10.0 Å². The first-order valence-electron chi connectivity index (χ1n) is 6.03. The number of sulfonamides is 1. The number of hydrogen-bond acceptors (Lipinski definition) is 4. The highest BCUT2D eigenvalue weighted by molar-refractivity contribution is 7.89. The van der Waals surface area contributed by atoms with Crippen LogP contribution in [0.15, 0.2) is 23.1 Å². The second-order valence-electron chi connectivity index (χ2n) is 4.28. The van der Waals surface area contributed by atoms with Crippen molar-refractivity contribution in [3.8, 4) is 0 Å². The molecule has 1 saturated heterocycles. The molecule has 1 fully saturated rings. The van der Waals surface area contributed by atoms with Crippen molar-refractivity contribution in [2.45, 2.75) is 17.9 Å². The van der Waals surface area contributed by atoms with Crippen LogP contribution < -0.4 is 0 Å². The van der Waals surface area contributed by atoms with E-state index in [1.165, 1.54) is 22.5 Å². The van der Waals surface area contributed by atoms with Crippen molar-refractivity contribution >= 4 is 21.6 Å². The topological polar surface area (TPSA) is 66.8 Å². The fourth-order valence-corrected chi connectivity index (χ4v) is 3.72. The summed E-state index contributed by atoms with van der Waals surface area (Å²) in [5, 5.41) is 9.30. The summed E-state index contributed by atoms with van der Waals surface area (Å²) in [4.78, 5) is 0.150. The third-order valence-electron chi connectivity index (χ3n) is 3.01. The molecule has 0 saturated carbocycles. The van der Waals surface area contributed by atoms with E-state index in [2.05, 4.69) is 0 Å².